The van der Waals surface area contributed by atoms with Crippen LogP contribution in [0.2, 0.25) is 5.02 Å². The molecule has 2 saturated heterocycles. The topological polar surface area (TPSA) is 206 Å². The second kappa shape index (κ2) is 19.6. The van der Waals surface area contributed by atoms with Crippen LogP contribution in [0.4, 0.5) is 17.1 Å². The first-order valence-electron chi connectivity index (χ1n) is 22.3. The Kier molecular flexibility index (Phi) is 14.1. The van der Waals surface area contributed by atoms with E-state index in [9.17, 15) is 33.3 Å². The number of nitrogens with zero attached hydrogens (tertiary/aromatic N) is 5. The van der Waals surface area contributed by atoms with Gasteiger partial charge < -0.3 is 14.6 Å². The number of rotatable bonds is 15. The number of H-pyrrole nitrogens is 1. The number of nitro groups is 1. The van der Waals surface area contributed by atoms with Crippen LogP contribution in [0.1, 0.15) is 49.0 Å². The Balaban J connectivity index is 0.992. The Morgan fingerprint density at radius 2 is 1.76 bits per heavy atom. The number of sulfonamides is 1. The maximum atomic E-state index is 14.0. The molecule has 66 heavy (non-hydrogen) atoms. The number of carbonyl (C=O) groups excluding carboxylic acids is 1. The van der Waals surface area contributed by atoms with E-state index in [4.69, 9.17) is 16.3 Å². The summed E-state index contributed by atoms with van der Waals surface area (Å²) >= 11 is 6.24. The van der Waals surface area contributed by atoms with Gasteiger partial charge in [-0.3, -0.25) is 9.69 Å². The molecule has 352 valence electrons. The van der Waals surface area contributed by atoms with Crippen molar-refractivity contribution in [1.82, 2.24) is 24.5 Å². The number of piperazine rings is 1. The number of pyridine rings is 1. The van der Waals surface area contributed by atoms with Gasteiger partial charge in [-0.1, -0.05) is 43.2 Å². The molecular formula is C47H58ClN8O8PS. The van der Waals surface area contributed by atoms with Gasteiger partial charge in [-0.15, -0.1) is 0 Å². The molecule has 0 bridgehead atoms. The smallest absolute Gasteiger partial charge is 0.146 e. The summed E-state index contributed by atoms with van der Waals surface area (Å²) in [6.45, 7) is 11.8. The first-order valence-corrected chi connectivity index (χ1v) is 27.0. The van der Waals surface area contributed by atoms with Gasteiger partial charge in [0.25, 0.3) is 5.91 Å². The number of hydrogen-bond donors (Lipinski definition) is 5. The van der Waals surface area contributed by atoms with Crippen molar-refractivity contribution < 1.29 is 32.9 Å². The number of benzene rings is 3. The van der Waals surface area contributed by atoms with E-state index in [1.807, 2.05) is 24.9 Å². The van der Waals surface area contributed by atoms with Crippen molar-refractivity contribution in [2.45, 2.75) is 44.0 Å². The number of hydrogen-bond acceptors (Lipinski definition) is 13. The predicted octanol–water partition coefficient (Wildman–Crippen LogP) is 7.20. The average molecular weight is 962 g/mol. The van der Waals surface area contributed by atoms with E-state index in [0.717, 1.165) is 61.1 Å². The molecule has 2 aromatic heterocycles. The summed E-state index contributed by atoms with van der Waals surface area (Å²) in [5, 5.41) is 26.9. The summed E-state index contributed by atoms with van der Waals surface area (Å²) in [5.41, 5.74) is 5.12. The van der Waals surface area contributed by atoms with Crippen LogP contribution in [0.25, 0.3) is 16.6 Å². The second-order valence-electron chi connectivity index (χ2n) is 18.8. The number of nitro benzene ring substituents is 1. The number of fused-ring (bicyclic) bond motifs is 1. The molecule has 3 aliphatic rings. The third-order valence-electron chi connectivity index (χ3n) is 13.0. The maximum absolute atomic E-state index is 14.0. The van der Waals surface area contributed by atoms with Gasteiger partial charge in [0.2, 0.25) is 0 Å². The van der Waals surface area contributed by atoms with Crippen LogP contribution in [0.15, 0.2) is 95.7 Å². The minimum Gasteiger partial charge on any atom is -0.455 e. The maximum Gasteiger partial charge on any atom is 0.146 e. The zero-order valence-corrected chi connectivity index (χ0v) is 40.0. The van der Waals surface area contributed by atoms with Crippen LogP contribution in [0.5, 0.6) is 11.5 Å². The number of ether oxygens (including phenoxy) is 1. The fraction of sp³-hybridized carbons (Fsp3) is 0.404. The molecule has 5 N–H and O–H groups in total. The molecule has 2 fully saturated rings. The van der Waals surface area contributed by atoms with E-state index < -0.39 is 45.0 Å². The van der Waals surface area contributed by atoms with Gasteiger partial charge in [-0.25, -0.2) is 4.98 Å². The number of aromatic amines is 1. The molecule has 5 aromatic rings. The van der Waals surface area contributed by atoms with Crippen molar-refractivity contribution in [3.63, 3.8) is 0 Å². The zero-order valence-electron chi connectivity index (χ0n) is 37.4. The SMILES string of the molecule is CC1(C)CCC(CN2CCN(c3ccc(C(=O)NS(=O)(=O)c4ccc(NC(CO)CN5CC[PH](C)(O)CC5)c([N+](=O)[O-])c4)c(Oc4cnc5[nH]ccc5c4)c3)CC2)=C(c2ccc(Cl)cc2)C1. The van der Waals surface area contributed by atoms with Gasteiger partial charge in [0.15, 0.2) is 0 Å². The molecule has 16 nitrogen and oxygen atoms in total. The molecule has 1 unspecified atom stereocenters. The number of aliphatic hydroxyl groups is 1. The molecule has 1 amide bonds. The number of anilines is 2. The van der Waals surface area contributed by atoms with Crippen LogP contribution < -0.4 is 19.7 Å². The molecule has 0 spiro atoms. The van der Waals surface area contributed by atoms with E-state index in [1.165, 1.54) is 41.1 Å². The number of nitrogens with one attached hydrogen (secondary N) is 3. The van der Waals surface area contributed by atoms with Gasteiger partial charge >= 0.3 is 152 Å². The Morgan fingerprint density at radius 1 is 1.02 bits per heavy atom. The molecule has 2 aliphatic heterocycles. The van der Waals surface area contributed by atoms with Gasteiger partial charge in [-0.05, 0) is 72.2 Å². The first kappa shape index (κ1) is 47.4. The van der Waals surface area contributed by atoms with E-state index in [1.54, 1.807) is 24.4 Å². The van der Waals surface area contributed by atoms with Crippen LogP contribution in [0, 0.1) is 15.5 Å². The van der Waals surface area contributed by atoms with Crippen LogP contribution in [-0.4, -0.2) is 133 Å². The molecule has 1 aliphatic carbocycles. The Morgan fingerprint density at radius 3 is 2.47 bits per heavy atom. The fourth-order valence-electron chi connectivity index (χ4n) is 9.07. The summed E-state index contributed by atoms with van der Waals surface area (Å²) in [4.78, 5) is 49.8. The molecule has 0 radical (unpaired) electrons. The van der Waals surface area contributed by atoms with Gasteiger partial charge in [-0.2, -0.15) is 0 Å². The predicted molar refractivity (Wildman–Crippen MR) is 262 cm³/mol. The monoisotopic (exact) mass is 960 g/mol. The van der Waals surface area contributed by atoms with Crippen molar-refractivity contribution in [2.24, 2.45) is 5.41 Å². The fourth-order valence-corrected chi connectivity index (χ4v) is 12.0. The summed E-state index contributed by atoms with van der Waals surface area (Å²) in [6, 6.07) is 19.5. The second-order valence-corrected chi connectivity index (χ2v) is 24.9. The van der Waals surface area contributed by atoms with Crippen molar-refractivity contribution >= 4 is 68.7 Å². The molecule has 3 aromatic carbocycles. The first-order chi connectivity index (χ1) is 31.4. The number of aliphatic hydroxyl groups excluding tert-OH is 1. The van der Waals surface area contributed by atoms with Gasteiger partial charge in [0, 0.05) is 61.1 Å². The van der Waals surface area contributed by atoms with Crippen molar-refractivity contribution in [3.05, 3.63) is 117 Å². The largest absolute Gasteiger partial charge is 0.455 e. The van der Waals surface area contributed by atoms with Crippen LogP contribution in [-0.2, 0) is 10.0 Å². The Hall–Kier alpha value is -5.13. The van der Waals surface area contributed by atoms with E-state index >= 15 is 0 Å². The third-order valence-corrected chi connectivity index (χ3v) is 17.2. The van der Waals surface area contributed by atoms with E-state index in [-0.39, 0.29) is 29.0 Å². The van der Waals surface area contributed by atoms with E-state index in [2.05, 4.69) is 60.7 Å². The summed E-state index contributed by atoms with van der Waals surface area (Å²) in [6.07, 6.45) is 7.79. The molecule has 19 heteroatoms. The quantitative estimate of drug-likeness (QED) is 0.0401. The minimum atomic E-state index is -4.65. The Labute approximate surface area is 390 Å². The number of aromatic nitrogens is 2. The van der Waals surface area contributed by atoms with Crippen LogP contribution in [0.3, 0.4) is 0 Å². The molecule has 1 atom stereocenters. The van der Waals surface area contributed by atoms with Crippen molar-refractivity contribution in [2.75, 3.05) is 88.2 Å². The number of allylic oxidation sites excluding steroid dienone is 1. The number of amides is 1. The number of carbonyl (C=O) groups is 1. The summed E-state index contributed by atoms with van der Waals surface area (Å²) in [7, 11) is -6.87. The summed E-state index contributed by atoms with van der Waals surface area (Å²) < 4.78 is 36.0. The van der Waals surface area contributed by atoms with Gasteiger partial charge in [0.1, 0.15) is 17.1 Å². The standard InChI is InChI=1S/C47H58ClN8O8PS/c1-47(2)14-12-34(41(27-47)32-4-6-35(48)7-5-32)29-53-16-18-55(19-17-53)37-8-10-40(44(25-37)64-38-24-33-13-15-49-45(33)50-28-38)46(58)52-66(62,63)39-9-11-42(43(26-39)56(59)60)51-36(31-57)30-54-20-22-65(3,61)23-21-54/h4-11,13,15,24-26,28,36,51,57,61,65H,12,14,16-23,27,29-31H2,1-3H3,(H,49,50)(H,52,58). The molecule has 0 saturated carbocycles. The average Bonchev–Trinajstić information content (AvgIpc) is 3.76. The molecular weight excluding hydrogens is 903 g/mol. The Bertz CT molecular complexity index is 2730. The van der Waals surface area contributed by atoms with Crippen molar-refractivity contribution in [1.29, 1.82) is 0 Å². The summed E-state index contributed by atoms with van der Waals surface area (Å²) in [5.74, 6) is -0.566. The minimum absolute atomic E-state index is 0.0145. The van der Waals surface area contributed by atoms with Gasteiger partial charge in [0.05, 0.1) is 11.8 Å². The normalized spacial score (nSPS) is 19.0. The van der Waals surface area contributed by atoms with E-state index in [0.29, 0.717) is 56.4 Å². The third kappa shape index (κ3) is 11.3. The number of halogens is 1. The zero-order chi connectivity index (χ0) is 46.8. The van der Waals surface area contributed by atoms with Crippen LogP contribution >= 0.6 is 19.1 Å². The van der Waals surface area contributed by atoms with Crippen molar-refractivity contribution in [3.8, 4) is 11.5 Å². The molecule has 4 heterocycles. The molecule has 8 rings (SSSR count).